The highest BCUT2D eigenvalue weighted by Crippen LogP contribution is 2.25. The number of nitrogen functional groups attached to an aromatic ring is 1. The Hall–Kier alpha value is -1.80. The monoisotopic (exact) mass is 259 g/mol. The number of nitrogens with two attached hydrogens (primary N) is 1. The average Bonchev–Trinajstić information content (AvgIpc) is 2.33. The molecule has 0 atom stereocenters. The van der Waals surface area contributed by atoms with Crippen molar-refractivity contribution in [3.8, 4) is 0 Å². The summed E-state index contributed by atoms with van der Waals surface area (Å²) in [5.41, 5.74) is 9.37. The first-order valence-corrected chi connectivity index (χ1v) is 6.04. The molecule has 0 saturated carbocycles. The van der Waals surface area contributed by atoms with E-state index in [1.54, 1.807) is 24.3 Å². The first kappa shape index (κ1) is 12.7. The highest BCUT2D eigenvalue weighted by molar-refractivity contribution is 6.35. The van der Waals surface area contributed by atoms with Gasteiger partial charge in [-0.25, -0.2) is 0 Å². The summed E-state index contributed by atoms with van der Waals surface area (Å²) >= 11 is 6.14. The first-order valence-electron chi connectivity index (χ1n) is 5.66. The molecule has 0 aliphatic rings. The van der Waals surface area contributed by atoms with E-state index in [4.69, 9.17) is 17.3 Å². The fourth-order valence-electron chi connectivity index (χ4n) is 1.80. The second kappa shape index (κ2) is 4.83. The van der Waals surface area contributed by atoms with E-state index in [2.05, 4.69) is 0 Å². The van der Waals surface area contributed by atoms with Crippen molar-refractivity contribution in [3.05, 3.63) is 63.7 Å². The van der Waals surface area contributed by atoms with Gasteiger partial charge in [0.05, 0.1) is 5.02 Å². The van der Waals surface area contributed by atoms with Gasteiger partial charge >= 0.3 is 0 Å². The first-order chi connectivity index (χ1) is 8.50. The number of ketones is 1. The molecule has 0 unspecified atom stereocenters. The maximum Gasteiger partial charge on any atom is 0.196 e. The summed E-state index contributed by atoms with van der Waals surface area (Å²) in [5, 5.41) is 0.464. The molecule has 92 valence electrons. The highest BCUT2D eigenvalue weighted by atomic mass is 35.5. The number of halogens is 1. The van der Waals surface area contributed by atoms with Crippen molar-refractivity contribution in [1.82, 2.24) is 0 Å². The number of carbonyl (C=O) groups is 1. The zero-order valence-electron chi connectivity index (χ0n) is 10.3. The van der Waals surface area contributed by atoms with Gasteiger partial charge in [-0.2, -0.15) is 0 Å². The molecule has 0 radical (unpaired) electrons. The van der Waals surface area contributed by atoms with E-state index in [-0.39, 0.29) is 5.78 Å². The molecular weight excluding hydrogens is 246 g/mol. The third-order valence-electron chi connectivity index (χ3n) is 3.03. The maximum absolute atomic E-state index is 12.4. The molecule has 2 aromatic rings. The lowest BCUT2D eigenvalue weighted by Gasteiger charge is -2.09. The third-order valence-corrected chi connectivity index (χ3v) is 3.35. The number of hydrogen-bond acceptors (Lipinski definition) is 2. The van der Waals surface area contributed by atoms with Gasteiger partial charge in [0, 0.05) is 16.8 Å². The summed E-state index contributed by atoms with van der Waals surface area (Å²) in [6, 6.07) is 10.6. The van der Waals surface area contributed by atoms with Crippen LogP contribution in [-0.2, 0) is 0 Å². The lowest BCUT2D eigenvalue weighted by atomic mass is 9.98. The van der Waals surface area contributed by atoms with Crippen LogP contribution < -0.4 is 5.73 Å². The van der Waals surface area contributed by atoms with Crippen LogP contribution in [0.2, 0.25) is 5.02 Å². The molecular formula is C15H14ClNO. The lowest BCUT2D eigenvalue weighted by Crippen LogP contribution is -2.06. The van der Waals surface area contributed by atoms with Crippen molar-refractivity contribution in [2.24, 2.45) is 0 Å². The minimum atomic E-state index is -0.138. The quantitative estimate of drug-likeness (QED) is 0.659. The molecule has 2 rings (SSSR count). The van der Waals surface area contributed by atoms with Gasteiger partial charge in [0.2, 0.25) is 0 Å². The van der Waals surface area contributed by atoms with E-state index >= 15 is 0 Å². The van der Waals surface area contributed by atoms with Crippen LogP contribution in [0.1, 0.15) is 27.0 Å². The van der Waals surface area contributed by atoms with Crippen molar-refractivity contribution in [1.29, 1.82) is 0 Å². The molecule has 3 heteroatoms. The predicted octanol–water partition coefficient (Wildman–Crippen LogP) is 3.77. The van der Waals surface area contributed by atoms with Crippen LogP contribution in [0, 0.1) is 13.8 Å². The van der Waals surface area contributed by atoms with Crippen LogP contribution in [0.4, 0.5) is 5.69 Å². The molecule has 0 fully saturated rings. The van der Waals surface area contributed by atoms with E-state index in [0.29, 0.717) is 21.8 Å². The standard InChI is InChI=1S/C15H14ClNO/c1-9-7-12(13(16)8-10(9)2)15(18)11-5-3-4-6-14(11)17/h3-8H,17H2,1-2H3. The van der Waals surface area contributed by atoms with Crippen molar-refractivity contribution in [2.45, 2.75) is 13.8 Å². The van der Waals surface area contributed by atoms with Gasteiger partial charge in [-0.15, -0.1) is 0 Å². The van der Waals surface area contributed by atoms with Crippen LogP contribution in [0.15, 0.2) is 36.4 Å². The normalized spacial score (nSPS) is 10.4. The number of para-hydroxylation sites is 1. The summed E-state index contributed by atoms with van der Waals surface area (Å²) in [7, 11) is 0. The van der Waals surface area contributed by atoms with Crippen LogP contribution in [-0.4, -0.2) is 5.78 Å². The Bertz CT molecular complexity index is 620. The molecule has 2 aromatic carbocycles. The van der Waals surface area contributed by atoms with E-state index in [1.807, 2.05) is 26.0 Å². The topological polar surface area (TPSA) is 43.1 Å². The summed E-state index contributed by atoms with van der Waals surface area (Å²) in [6.45, 7) is 3.92. The number of rotatable bonds is 2. The van der Waals surface area contributed by atoms with Crippen LogP contribution >= 0.6 is 11.6 Å². The minimum Gasteiger partial charge on any atom is -0.398 e. The fraction of sp³-hybridized carbons (Fsp3) is 0.133. The van der Waals surface area contributed by atoms with Crippen LogP contribution in [0.5, 0.6) is 0 Å². The molecule has 2 nitrogen and oxygen atoms in total. The smallest absolute Gasteiger partial charge is 0.196 e. The zero-order chi connectivity index (χ0) is 13.3. The molecule has 0 heterocycles. The lowest BCUT2D eigenvalue weighted by molar-refractivity contribution is 0.103. The molecule has 0 aliphatic carbocycles. The molecule has 0 aliphatic heterocycles. The third kappa shape index (κ3) is 2.24. The Morgan fingerprint density at radius 3 is 2.33 bits per heavy atom. The number of hydrogen-bond donors (Lipinski definition) is 1. The Morgan fingerprint density at radius 1 is 1.06 bits per heavy atom. The van der Waals surface area contributed by atoms with Gasteiger partial charge in [0.25, 0.3) is 0 Å². The fourth-order valence-corrected chi connectivity index (χ4v) is 2.11. The Kier molecular flexibility index (Phi) is 3.39. The molecule has 0 bridgehead atoms. The molecule has 0 saturated heterocycles. The van der Waals surface area contributed by atoms with Crippen molar-refractivity contribution in [3.63, 3.8) is 0 Å². The van der Waals surface area contributed by atoms with Gasteiger partial charge in [0.1, 0.15) is 0 Å². The summed E-state index contributed by atoms with van der Waals surface area (Å²) in [6.07, 6.45) is 0. The highest BCUT2D eigenvalue weighted by Gasteiger charge is 2.16. The SMILES string of the molecule is Cc1cc(Cl)c(C(=O)c2ccccc2N)cc1C. The Balaban J connectivity index is 2.53. The minimum absolute atomic E-state index is 0.138. The molecule has 18 heavy (non-hydrogen) atoms. The Morgan fingerprint density at radius 2 is 1.67 bits per heavy atom. The molecule has 0 aromatic heterocycles. The van der Waals surface area contributed by atoms with Gasteiger partial charge in [-0.05, 0) is 49.2 Å². The van der Waals surface area contributed by atoms with Crippen molar-refractivity contribution >= 4 is 23.1 Å². The van der Waals surface area contributed by atoms with Gasteiger partial charge in [-0.1, -0.05) is 23.7 Å². The summed E-state index contributed by atoms with van der Waals surface area (Å²) < 4.78 is 0. The average molecular weight is 260 g/mol. The van der Waals surface area contributed by atoms with Gasteiger partial charge in [-0.3, -0.25) is 4.79 Å². The van der Waals surface area contributed by atoms with Crippen molar-refractivity contribution < 1.29 is 4.79 Å². The van der Waals surface area contributed by atoms with Gasteiger partial charge < -0.3 is 5.73 Å². The summed E-state index contributed by atoms with van der Waals surface area (Å²) in [4.78, 5) is 12.4. The Labute approximate surface area is 111 Å². The van der Waals surface area contributed by atoms with Crippen LogP contribution in [0.3, 0.4) is 0 Å². The summed E-state index contributed by atoms with van der Waals surface area (Å²) in [5.74, 6) is -0.138. The number of carbonyl (C=O) groups excluding carboxylic acids is 1. The molecule has 0 spiro atoms. The second-order valence-corrected chi connectivity index (χ2v) is 4.74. The zero-order valence-corrected chi connectivity index (χ0v) is 11.1. The van der Waals surface area contributed by atoms with E-state index in [9.17, 15) is 4.79 Å². The van der Waals surface area contributed by atoms with E-state index in [1.165, 1.54) is 0 Å². The predicted molar refractivity (Wildman–Crippen MR) is 75.2 cm³/mol. The van der Waals surface area contributed by atoms with Gasteiger partial charge in [0.15, 0.2) is 5.78 Å². The number of anilines is 1. The largest absolute Gasteiger partial charge is 0.398 e. The number of aryl methyl sites for hydroxylation is 2. The molecule has 2 N–H and O–H groups in total. The van der Waals surface area contributed by atoms with Crippen LogP contribution in [0.25, 0.3) is 0 Å². The van der Waals surface area contributed by atoms with E-state index in [0.717, 1.165) is 11.1 Å². The maximum atomic E-state index is 12.4. The second-order valence-electron chi connectivity index (χ2n) is 4.33. The van der Waals surface area contributed by atoms with Crippen molar-refractivity contribution in [2.75, 3.05) is 5.73 Å². The molecule has 0 amide bonds. The number of benzene rings is 2. The van der Waals surface area contributed by atoms with E-state index < -0.39 is 0 Å².